The van der Waals surface area contributed by atoms with E-state index in [-0.39, 0.29) is 0 Å². The molecule has 0 fully saturated rings. The van der Waals surface area contributed by atoms with Crippen molar-refractivity contribution < 1.29 is 4.42 Å². The van der Waals surface area contributed by atoms with Crippen LogP contribution >= 0.6 is 0 Å². The molecule has 0 unspecified atom stereocenters. The molecule has 0 bridgehead atoms. The highest BCUT2D eigenvalue weighted by molar-refractivity contribution is 6.19. The second kappa shape index (κ2) is 8.00. The Labute approximate surface area is 203 Å². The van der Waals surface area contributed by atoms with E-state index in [0.29, 0.717) is 0 Å². The molecule has 164 valence electrons. The van der Waals surface area contributed by atoms with Gasteiger partial charge in [-0.1, -0.05) is 121 Å². The number of hydrogen-bond acceptors (Lipinski definition) is 1. The van der Waals surface area contributed by atoms with Crippen molar-refractivity contribution in [1.82, 2.24) is 0 Å². The number of furan rings is 1. The fraction of sp³-hybridized carbons (Fsp3) is 0. The molecule has 6 aromatic carbocycles. The first-order valence-corrected chi connectivity index (χ1v) is 12.0. The van der Waals surface area contributed by atoms with Gasteiger partial charge in [-0.05, 0) is 50.7 Å². The molecule has 0 amide bonds. The first kappa shape index (κ1) is 19.8. The van der Waals surface area contributed by atoms with Crippen LogP contribution in [-0.4, -0.2) is 0 Å². The van der Waals surface area contributed by atoms with Gasteiger partial charge in [0.25, 0.3) is 0 Å². The Morgan fingerprint density at radius 2 is 0.829 bits per heavy atom. The maximum absolute atomic E-state index is 6.51. The topological polar surface area (TPSA) is 13.1 Å². The highest BCUT2D eigenvalue weighted by atomic mass is 16.3. The summed E-state index contributed by atoms with van der Waals surface area (Å²) < 4.78 is 6.51. The Hall–Kier alpha value is -4.62. The van der Waals surface area contributed by atoms with Crippen molar-refractivity contribution >= 4 is 32.7 Å². The van der Waals surface area contributed by atoms with Crippen molar-refractivity contribution in [2.75, 3.05) is 0 Å². The predicted molar refractivity (Wildman–Crippen MR) is 148 cm³/mol. The van der Waals surface area contributed by atoms with Crippen LogP contribution in [0.2, 0.25) is 0 Å². The van der Waals surface area contributed by atoms with Crippen LogP contribution < -0.4 is 0 Å². The van der Waals surface area contributed by atoms with Crippen LogP contribution in [0.3, 0.4) is 0 Å². The van der Waals surface area contributed by atoms with Crippen molar-refractivity contribution in [2.24, 2.45) is 0 Å². The highest BCUT2D eigenvalue weighted by Crippen LogP contribution is 2.44. The molecule has 0 aliphatic heterocycles. The molecule has 0 atom stereocenters. The van der Waals surface area contributed by atoms with E-state index in [9.17, 15) is 0 Å². The molecule has 7 aromatic rings. The molecule has 1 heteroatoms. The number of rotatable bonds is 3. The quantitative estimate of drug-likeness (QED) is 0.263. The fourth-order valence-corrected chi connectivity index (χ4v) is 5.30. The molecular weight excluding hydrogens is 424 g/mol. The fourth-order valence-electron chi connectivity index (χ4n) is 5.30. The van der Waals surface area contributed by atoms with Crippen LogP contribution in [-0.2, 0) is 0 Å². The van der Waals surface area contributed by atoms with Gasteiger partial charge < -0.3 is 4.42 Å². The first-order valence-electron chi connectivity index (χ1n) is 12.0. The largest absolute Gasteiger partial charge is 0.455 e. The SMILES string of the molecule is c1ccc(-c2ccc(-c3ccc(-c4ccccc4)c4oc5ccccc5c34)c3ccccc23)cc1. The van der Waals surface area contributed by atoms with Crippen LogP contribution in [0.5, 0.6) is 0 Å². The average Bonchev–Trinajstić information content (AvgIpc) is 3.33. The number of fused-ring (bicyclic) bond motifs is 4. The average molecular weight is 447 g/mol. The van der Waals surface area contributed by atoms with Gasteiger partial charge >= 0.3 is 0 Å². The van der Waals surface area contributed by atoms with E-state index in [2.05, 4.69) is 121 Å². The highest BCUT2D eigenvalue weighted by Gasteiger charge is 2.18. The molecule has 0 aliphatic rings. The summed E-state index contributed by atoms with van der Waals surface area (Å²) in [5.74, 6) is 0. The van der Waals surface area contributed by atoms with Gasteiger partial charge in [0.1, 0.15) is 11.2 Å². The summed E-state index contributed by atoms with van der Waals surface area (Å²) in [6, 6.07) is 47.2. The zero-order valence-electron chi connectivity index (χ0n) is 19.1. The van der Waals surface area contributed by atoms with Gasteiger partial charge in [0.05, 0.1) is 0 Å². The van der Waals surface area contributed by atoms with Crippen molar-refractivity contribution in [2.45, 2.75) is 0 Å². The molecule has 0 aliphatic carbocycles. The normalized spacial score (nSPS) is 11.4. The van der Waals surface area contributed by atoms with E-state index in [1.54, 1.807) is 0 Å². The predicted octanol–water partition coefficient (Wildman–Crippen LogP) is 9.74. The summed E-state index contributed by atoms with van der Waals surface area (Å²) in [6.45, 7) is 0. The van der Waals surface area contributed by atoms with Crippen LogP contribution in [0.4, 0.5) is 0 Å². The van der Waals surface area contributed by atoms with Crippen LogP contribution in [0.1, 0.15) is 0 Å². The van der Waals surface area contributed by atoms with E-state index < -0.39 is 0 Å². The van der Waals surface area contributed by atoms with Gasteiger partial charge in [-0.25, -0.2) is 0 Å². The molecule has 0 N–H and O–H groups in total. The Balaban J connectivity index is 1.56. The molecule has 0 saturated carbocycles. The van der Waals surface area contributed by atoms with E-state index >= 15 is 0 Å². The van der Waals surface area contributed by atoms with Crippen molar-refractivity contribution in [3.05, 3.63) is 133 Å². The first-order chi connectivity index (χ1) is 17.4. The molecule has 0 radical (unpaired) electrons. The second-order valence-corrected chi connectivity index (χ2v) is 8.90. The van der Waals surface area contributed by atoms with Crippen molar-refractivity contribution in [1.29, 1.82) is 0 Å². The molecule has 0 saturated heterocycles. The minimum atomic E-state index is 0.914. The van der Waals surface area contributed by atoms with Crippen molar-refractivity contribution in [3.8, 4) is 33.4 Å². The van der Waals surface area contributed by atoms with Gasteiger partial charge in [0.2, 0.25) is 0 Å². The van der Waals surface area contributed by atoms with Crippen LogP contribution in [0.25, 0.3) is 66.1 Å². The Kier molecular flexibility index (Phi) is 4.53. The summed E-state index contributed by atoms with van der Waals surface area (Å²) in [6.07, 6.45) is 0. The molecule has 35 heavy (non-hydrogen) atoms. The molecule has 0 spiro atoms. The lowest BCUT2D eigenvalue weighted by Crippen LogP contribution is -1.88. The maximum atomic E-state index is 6.51. The van der Waals surface area contributed by atoms with Gasteiger partial charge in [-0.3, -0.25) is 0 Å². The summed E-state index contributed by atoms with van der Waals surface area (Å²) >= 11 is 0. The second-order valence-electron chi connectivity index (χ2n) is 8.90. The minimum Gasteiger partial charge on any atom is -0.455 e. The lowest BCUT2D eigenvalue weighted by atomic mass is 9.89. The standard InChI is InChI=1S/C34H22O/c1-3-11-23(12-4-1)25-19-21-29(28-16-8-7-15-27(25)28)30-22-20-26(24-13-5-2-6-14-24)34-33(30)31-17-9-10-18-32(31)35-34/h1-22H. The zero-order valence-corrected chi connectivity index (χ0v) is 19.1. The van der Waals surface area contributed by atoms with Gasteiger partial charge in [-0.2, -0.15) is 0 Å². The van der Waals surface area contributed by atoms with E-state index in [1.807, 2.05) is 12.1 Å². The Morgan fingerprint density at radius 3 is 1.54 bits per heavy atom. The number of hydrogen-bond donors (Lipinski definition) is 0. The molecule has 1 nitrogen and oxygen atoms in total. The molecule has 7 rings (SSSR count). The minimum absolute atomic E-state index is 0.914. The number of para-hydroxylation sites is 1. The summed E-state index contributed by atoms with van der Waals surface area (Å²) in [7, 11) is 0. The van der Waals surface area contributed by atoms with E-state index in [0.717, 1.165) is 27.7 Å². The van der Waals surface area contributed by atoms with E-state index in [1.165, 1.54) is 38.4 Å². The molecule has 1 heterocycles. The summed E-state index contributed by atoms with van der Waals surface area (Å²) in [5.41, 5.74) is 9.02. The van der Waals surface area contributed by atoms with E-state index in [4.69, 9.17) is 4.42 Å². The maximum Gasteiger partial charge on any atom is 0.143 e. The molecular formula is C34H22O. The Bertz CT molecular complexity index is 1830. The number of benzene rings is 6. The van der Waals surface area contributed by atoms with Crippen LogP contribution in [0.15, 0.2) is 138 Å². The summed E-state index contributed by atoms with van der Waals surface area (Å²) in [5, 5.41) is 4.81. The Morgan fingerprint density at radius 1 is 0.343 bits per heavy atom. The molecule has 1 aromatic heterocycles. The zero-order chi connectivity index (χ0) is 23.2. The monoisotopic (exact) mass is 446 g/mol. The lowest BCUT2D eigenvalue weighted by Gasteiger charge is -2.14. The third kappa shape index (κ3) is 3.17. The third-order valence-electron chi connectivity index (χ3n) is 6.91. The van der Waals surface area contributed by atoms with Gasteiger partial charge in [-0.15, -0.1) is 0 Å². The third-order valence-corrected chi connectivity index (χ3v) is 6.91. The van der Waals surface area contributed by atoms with Gasteiger partial charge in [0.15, 0.2) is 0 Å². The summed E-state index contributed by atoms with van der Waals surface area (Å²) in [4.78, 5) is 0. The smallest absolute Gasteiger partial charge is 0.143 e. The van der Waals surface area contributed by atoms with Crippen LogP contribution in [0, 0.1) is 0 Å². The lowest BCUT2D eigenvalue weighted by molar-refractivity contribution is 0.670. The van der Waals surface area contributed by atoms with Gasteiger partial charge in [0, 0.05) is 16.3 Å². The van der Waals surface area contributed by atoms with Crippen molar-refractivity contribution in [3.63, 3.8) is 0 Å².